The lowest BCUT2D eigenvalue weighted by atomic mass is 9.95. The number of aromatic nitrogens is 3. The number of terminal acetylenes is 1. The van der Waals surface area contributed by atoms with Crippen LogP contribution in [0.3, 0.4) is 0 Å². The van der Waals surface area contributed by atoms with Crippen LogP contribution in [-0.4, -0.2) is 98.1 Å². The number of pyridine rings is 1. The summed E-state index contributed by atoms with van der Waals surface area (Å²) in [5.74, 6) is 1.64. The van der Waals surface area contributed by atoms with Crippen LogP contribution in [0.2, 0.25) is 0 Å². The van der Waals surface area contributed by atoms with Crippen LogP contribution in [0.4, 0.5) is 19.4 Å². The number of aliphatic hydroxyl groups excluding tert-OH is 1. The van der Waals surface area contributed by atoms with E-state index in [0.29, 0.717) is 47.2 Å². The highest BCUT2D eigenvalue weighted by Gasteiger charge is 2.50. The summed E-state index contributed by atoms with van der Waals surface area (Å²) in [5.41, 5.74) is -0.461. The molecule has 1 N–H and O–H groups in total. The number of piperazine rings is 1. The van der Waals surface area contributed by atoms with Crippen molar-refractivity contribution in [1.82, 2.24) is 24.8 Å². The number of benzene rings is 2. The standard InChI is InChI=1S/C39H42F2N6O4/c1-5-27-30(40)13-10-23-8-6-9-28(31(23)27)33-32(41)34-29(18-42-33)35(45-19-24-11-12-25(20-45)47(24)37(49)51-38(2,3)4)44-36(43-34)50-22-39-15-7-17-46(39)26(21-48)14-16-39/h1,6,8-10,13,18,24-26,48H,7,11-12,14-17,19-22H2,2-4H3/t24-,25+,26-,39-/m1/s1. The van der Waals surface area contributed by atoms with Gasteiger partial charge in [-0.3, -0.25) is 14.8 Å². The Morgan fingerprint density at radius 3 is 2.61 bits per heavy atom. The zero-order valence-electron chi connectivity index (χ0n) is 29.2. The lowest BCUT2D eigenvalue weighted by Crippen LogP contribution is -2.57. The smallest absolute Gasteiger partial charge is 0.410 e. The Morgan fingerprint density at radius 2 is 1.88 bits per heavy atom. The van der Waals surface area contributed by atoms with Gasteiger partial charge in [0, 0.05) is 36.3 Å². The molecular weight excluding hydrogens is 654 g/mol. The molecule has 0 spiro atoms. The van der Waals surface area contributed by atoms with Crippen molar-refractivity contribution in [3.8, 4) is 29.6 Å². The van der Waals surface area contributed by atoms with Crippen LogP contribution in [-0.2, 0) is 4.74 Å². The molecule has 4 saturated heterocycles. The van der Waals surface area contributed by atoms with E-state index in [1.165, 1.54) is 6.07 Å². The molecule has 12 heteroatoms. The van der Waals surface area contributed by atoms with E-state index < -0.39 is 17.2 Å². The largest absolute Gasteiger partial charge is 0.461 e. The number of hydrogen-bond donors (Lipinski definition) is 1. The van der Waals surface area contributed by atoms with Crippen molar-refractivity contribution < 1.29 is 28.2 Å². The Labute approximate surface area is 295 Å². The number of anilines is 1. The van der Waals surface area contributed by atoms with Crippen molar-refractivity contribution in [2.45, 2.75) is 88.6 Å². The zero-order chi connectivity index (χ0) is 35.7. The lowest BCUT2D eigenvalue weighted by molar-refractivity contribution is 0.0122. The van der Waals surface area contributed by atoms with Gasteiger partial charge >= 0.3 is 12.1 Å². The molecule has 4 atom stereocenters. The monoisotopic (exact) mass is 696 g/mol. The SMILES string of the molecule is C#Cc1c(F)ccc2cccc(-c3ncc4c(N5C[C@H]6CC[C@@H](C5)N6C(=O)OC(C)(C)C)nc(OC[C@]56CCCN5[C@@H](CO)CC6)nc4c3F)c12. The molecule has 10 nitrogen and oxygen atoms in total. The highest BCUT2D eigenvalue weighted by molar-refractivity contribution is 6.02. The van der Waals surface area contributed by atoms with Gasteiger partial charge in [-0.05, 0) is 77.3 Å². The van der Waals surface area contributed by atoms with E-state index in [0.717, 1.165) is 45.1 Å². The van der Waals surface area contributed by atoms with Crippen LogP contribution in [0.15, 0.2) is 36.5 Å². The number of rotatable bonds is 6. The Balaban J connectivity index is 1.21. The normalized spacial score (nSPS) is 24.7. The topological polar surface area (TPSA) is 104 Å². The number of carbonyl (C=O) groups excluding carboxylic acids is 1. The quantitative estimate of drug-likeness (QED) is 0.241. The van der Waals surface area contributed by atoms with Crippen molar-refractivity contribution >= 4 is 33.6 Å². The molecule has 1 amide bonds. The minimum atomic E-state index is -0.696. The molecule has 2 aromatic carbocycles. The molecule has 0 saturated carbocycles. The second kappa shape index (κ2) is 12.6. The third-order valence-corrected chi connectivity index (χ3v) is 11.1. The fourth-order valence-corrected chi connectivity index (χ4v) is 8.90. The second-order valence-corrected chi connectivity index (χ2v) is 15.3. The molecule has 0 unspecified atom stereocenters. The minimum Gasteiger partial charge on any atom is -0.461 e. The first-order chi connectivity index (χ1) is 24.5. The summed E-state index contributed by atoms with van der Waals surface area (Å²) < 4.78 is 44.1. The van der Waals surface area contributed by atoms with Crippen molar-refractivity contribution in [1.29, 1.82) is 0 Å². The highest BCUT2D eigenvalue weighted by Crippen LogP contribution is 2.43. The first kappa shape index (κ1) is 33.5. The number of halogens is 2. The van der Waals surface area contributed by atoms with E-state index in [4.69, 9.17) is 20.9 Å². The average molecular weight is 697 g/mol. The van der Waals surface area contributed by atoms with E-state index in [1.54, 1.807) is 30.5 Å². The third kappa shape index (κ3) is 5.71. The van der Waals surface area contributed by atoms with Gasteiger partial charge in [-0.1, -0.05) is 30.2 Å². The minimum absolute atomic E-state index is 0.0113. The predicted molar refractivity (Wildman–Crippen MR) is 189 cm³/mol. The van der Waals surface area contributed by atoms with Crippen LogP contribution in [0.1, 0.15) is 64.9 Å². The molecule has 266 valence electrons. The van der Waals surface area contributed by atoms with Gasteiger partial charge in [0.05, 0.1) is 35.2 Å². The molecule has 4 aliphatic rings. The lowest BCUT2D eigenvalue weighted by Gasteiger charge is -2.42. The number of hydrogen-bond acceptors (Lipinski definition) is 9. The van der Waals surface area contributed by atoms with Gasteiger partial charge in [0.25, 0.3) is 0 Å². The van der Waals surface area contributed by atoms with Crippen LogP contribution < -0.4 is 9.64 Å². The van der Waals surface area contributed by atoms with Crippen molar-refractivity contribution in [3.05, 3.63) is 53.7 Å². The third-order valence-electron chi connectivity index (χ3n) is 11.1. The van der Waals surface area contributed by atoms with Gasteiger partial charge < -0.3 is 19.5 Å². The molecular formula is C39H42F2N6O4. The Hall–Kier alpha value is -4.60. The summed E-state index contributed by atoms with van der Waals surface area (Å²) in [6.07, 6.45) is 12.3. The van der Waals surface area contributed by atoms with E-state index in [-0.39, 0.29) is 59.1 Å². The van der Waals surface area contributed by atoms with E-state index in [1.807, 2.05) is 25.7 Å². The fraction of sp³-hybridized carbons (Fsp3) is 0.487. The maximum absolute atomic E-state index is 17.0. The van der Waals surface area contributed by atoms with Gasteiger partial charge in [0.1, 0.15) is 35.1 Å². The van der Waals surface area contributed by atoms with Crippen LogP contribution in [0.25, 0.3) is 32.9 Å². The summed E-state index contributed by atoms with van der Waals surface area (Å²) in [6.45, 7) is 7.79. The van der Waals surface area contributed by atoms with Crippen molar-refractivity contribution in [3.63, 3.8) is 0 Å². The molecule has 4 aliphatic heterocycles. The van der Waals surface area contributed by atoms with Crippen LogP contribution >= 0.6 is 0 Å². The van der Waals surface area contributed by atoms with Gasteiger partial charge in [-0.25, -0.2) is 13.6 Å². The predicted octanol–water partition coefficient (Wildman–Crippen LogP) is 6.06. The molecule has 4 aromatic rings. The first-order valence-corrected chi connectivity index (χ1v) is 17.8. The van der Waals surface area contributed by atoms with Gasteiger partial charge in [0.2, 0.25) is 0 Å². The van der Waals surface area contributed by atoms with Crippen molar-refractivity contribution in [2.75, 3.05) is 37.7 Å². The summed E-state index contributed by atoms with van der Waals surface area (Å²) in [7, 11) is 0. The number of ether oxygens (including phenoxy) is 2. The molecule has 4 fully saturated rings. The second-order valence-electron chi connectivity index (χ2n) is 15.3. The maximum atomic E-state index is 17.0. The average Bonchev–Trinajstić information content (AvgIpc) is 3.76. The fourth-order valence-electron chi connectivity index (χ4n) is 8.90. The summed E-state index contributed by atoms with van der Waals surface area (Å²) in [4.78, 5) is 33.6. The molecule has 2 bridgehead atoms. The molecule has 2 aromatic heterocycles. The summed E-state index contributed by atoms with van der Waals surface area (Å²) in [5, 5.41) is 11.5. The number of carbonyl (C=O) groups is 1. The first-order valence-electron chi connectivity index (χ1n) is 17.8. The number of nitrogens with zero attached hydrogens (tertiary/aromatic N) is 6. The number of aliphatic hydroxyl groups is 1. The number of fused-ring (bicyclic) bond motifs is 5. The van der Waals surface area contributed by atoms with Crippen molar-refractivity contribution in [2.24, 2.45) is 0 Å². The molecule has 6 heterocycles. The highest BCUT2D eigenvalue weighted by atomic mass is 19.1. The summed E-state index contributed by atoms with van der Waals surface area (Å²) >= 11 is 0. The zero-order valence-corrected chi connectivity index (χ0v) is 29.2. The molecule has 0 radical (unpaired) electrons. The van der Waals surface area contributed by atoms with E-state index >= 15 is 4.39 Å². The van der Waals surface area contributed by atoms with Gasteiger partial charge in [-0.15, -0.1) is 6.42 Å². The maximum Gasteiger partial charge on any atom is 0.410 e. The van der Waals surface area contributed by atoms with E-state index in [9.17, 15) is 14.3 Å². The van der Waals surface area contributed by atoms with Crippen LogP contribution in [0.5, 0.6) is 6.01 Å². The Bertz CT molecular complexity index is 2070. The van der Waals surface area contributed by atoms with E-state index in [2.05, 4.69) is 25.7 Å². The number of amides is 1. The summed E-state index contributed by atoms with van der Waals surface area (Å²) in [6, 6.07) is 8.06. The van der Waals surface area contributed by atoms with Gasteiger partial charge in [0.15, 0.2) is 5.82 Å². The Morgan fingerprint density at radius 1 is 1.10 bits per heavy atom. The van der Waals surface area contributed by atoms with Crippen LogP contribution in [0, 0.1) is 24.0 Å². The van der Waals surface area contributed by atoms with Gasteiger partial charge in [-0.2, -0.15) is 9.97 Å². The molecule has 8 rings (SSSR count). The molecule has 0 aliphatic carbocycles. The molecule has 51 heavy (non-hydrogen) atoms. The Kier molecular flexibility index (Phi) is 8.26.